The summed E-state index contributed by atoms with van der Waals surface area (Å²) in [5.41, 5.74) is 11.1. The maximum absolute atomic E-state index is 5.60. The van der Waals surface area contributed by atoms with E-state index in [-0.39, 0.29) is 0 Å². The van der Waals surface area contributed by atoms with Gasteiger partial charge in [0.15, 0.2) is 0 Å². The molecule has 4 N–H and O–H groups in total. The van der Waals surface area contributed by atoms with E-state index in [9.17, 15) is 0 Å². The van der Waals surface area contributed by atoms with Gasteiger partial charge >= 0.3 is 0 Å². The molecular weight excluding hydrogens is 216 g/mol. The van der Waals surface area contributed by atoms with Crippen molar-refractivity contribution in [3.8, 4) is 0 Å². The highest BCUT2D eigenvalue weighted by Gasteiger charge is 1.96. The summed E-state index contributed by atoms with van der Waals surface area (Å²) >= 11 is 1.81. The van der Waals surface area contributed by atoms with Gasteiger partial charge in [0.25, 0.3) is 0 Å². The van der Waals surface area contributed by atoms with E-state index in [2.05, 4.69) is 12.6 Å². The van der Waals surface area contributed by atoms with Gasteiger partial charge in [-0.15, -0.1) is 11.8 Å². The normalized spacial score (nSPS) is 13.1. The van der Waals surface area contributed by atoms with Crippen LogP contribution in [0.3, 0.4) is 0 Å². The summed E-state index contributed by atoms with van der Waals surface area (Å²) in [6, 6.07) is 6.12. The highest BCUT2D eigenvalue weighted by Crippen LogP contribution is 2.12. The summed E-state index contributed by atoms with van der Waals surface area (Å²) in [6.45, 7) is 4.46. The molecule has 0 saturated carbocycles. The standard InChI is InChI=1S/C13H18N2S/c1-2-5-12-11(10-15)6-3-7-13(12)16-9-4-8-14/h2-3,5-7,10H,1,4,8-9,14-15H2/b11-10-,12-5+. The van der Waals surface area contributed by atoms with E-state index in [0.717, 1.165) is 29.2 Å². The zero-order valence-corrected chi connectivity index (χ0v) is 10.2. The minimum atomic E-state index is 0.732. The molecular formula is C13H18N2S. The average molecular weight is 234 g/mol. The summed E-state index contributed by atoms with van der Waals surface area (Å²) in [7, 11) is 0. The Bertz CT molecular complexity index is 451. The lowest BCUT2D eigenvalue weighted by Gasteiger charge is -2.02. The van der Waals surface area contributed by atoms with Crippen molar-refractivity contribution in [1.82, 2.24) is 0 Å². The second kappa shape index (κ2) is 7.14. The van der Waals surface area contributed by atoms with Crippen LogP contribution in [0.2, 0.25) is 0 Å². The molecule has 1 aromatic rings. The zero-order valence-electron chi connectivity index (χ0n) is 9.36. The molecule has 0 unspecified atom stereocenters. The second-order valence-electron chi connectivity index (χ2n) is 3.32. The van der Waals surface area contributed by atoms with Crippen LogP contribution >= 0.6 is 11.8 Å². The van der Waals surface area contributed by atoms with Crippen molar-refractivity contribution in [2.24, 2.45) is 11.5 Å². The van der Waals surface area contributed by atoms with E-state index in [1.54, 1.807) is 24.0 Å². The highest BCUT2D eigenvalue weighted by atomic mass is 32.2. The molecule has 0 aliphatic rings. The summed E-state index contributed by atoms with van der Waals surface area (Å²) < 4.78 is 0. The molecule has 16 heavy (non-hydrogen) atoms. The van der Waals surface area contributed by atoms with Crippen LogP contribution in [-0.4, -0.2) is 12.3 Å². The van der Waals surface area contributed by atoms with Crippen molar-refractivity contribution in [3.63, 3.8) is 0 Å². The number of hydrogen-bond acceptors (Lipinski definition) is 3. The third kappa shape index (κ3) is 3.43. The van der Waals surface area contributed by atoms with Gasteiger partial charge in [-0.2, -0.15) is 0 Å². The number of hydrogen-bond donors (Lipinski definition) is 2. The molecule has 0 radical (unpaired) electrons. The molecule has 0 atom stereocenters. The lowest BCUT2D eigenvalue weighted by Crippen LogP contribution is -2.27. The van der Waals surface area contributed by atoms with Crippen molar-refractivity contribution < 1.29 is 0 Å². The Morgan fingerprint density at radius 1 is 1.38 bits per heavy atom. The molecule has 1 aromatic carbocycles. The van der Waals surface area contributed by atoms with E-state index in [1.165, 1.54) is 4.90 Å². The first kappa shape index (κ1) is 12.9. The summed E-state index contributed by atoms with van der Waals surface area (Å²) in [4.78, 5) is 1.23. The Hall–Kier alpha value is -1.19. The first-order valence-electron chi connectivity index (χ1n) is 5.30. The predicted octanol–water partition coefficient (Wildman–Crippen LogP) is 0.791. The molecule has 0 amide bonds. The van der Waals surface area contributed by atoms with Crippen molar-refractivity contribution in [2.45, 2.75) is 11.3 Å². The maximum Gasteiger partial charge on any atom is 0.0151 e. The van der Waals surface area contributed by atoms with Crippen LogP contribution in [0.25, 0.3) is 12.3 Å². The summed E-state index contributed by atoms with van der Waals surface area (Å²) in [5, 5.41) is 2.18. The van der Waals surface area contributed by atoms with E-state index in [4.69, 9.17) is 11.5 Å². The van der Waals surface area contributed by atoms with Crippen LogP contribution in [0.1, 0.15) is 6.42 Å². The Morgan fingerprint density at radius 2 is 2.19 bits per heavy atom. The topological polar surface area (TPSA) is 52.0 Å². The predicted molar refractivity (Wildman–Crippen MR) is 73.4 cm³/mol. The summed E-state index contributed by atoms with van der Waals surface area (Å²) in [5.74, 6) is 1.03. The SMILES string of the molecule is C=C/C=c1/c(SCCCN)ccc/c1=C/N. The first-order chi connectivity index (χ1) is 7.83. The van der Waals surface area contributed by atoms with Gasteiger partial charge in [0, 0.05) is 11.1 Å². The van der Waals surface area contributed by atoms with Crippen molar-refractivity contribution in [2.75, 3.05) is 12.3 Å². The molecule has 0 fully saturated rings. The number of nitrogens with two attached hydrogens (primary N) is 2. The molecule has 2 nitrogen and oxygen atoms in total. The van der Waals surface area contributed by atoms with Gasteiger partial charge in [0.05, 0.1) is 0 Å². The fourth-order valence-electron chi connectivity index (χ4n) is 1.39. The fourth-order valence-corrected chi connectivity index (χ4v) is 2.44. The van der Waals surface area contributed by atoms with Crippen LogP contribution in [0, 0.1) is 0 Å². The number of allylic oxidation sites excluding steroid dienone is 1. The second-order valence-corrected chi connectivity index (χ2v) is 4.46. The van der Waals surface area contributed by atoms with Crippen LogP contribution in [0.5, 0.6) is 0 Å². The monoisotopic (exact) mass is 234 g/mol. The van der Waals surface area contributed by atoms with Crippen LogP contribution in [0.4, 0.5) is 0 Å². The fraction of sp³-hybridized carbons (Fsp3) is 0.231. The van der Waals surface area contributed by atoms with Gasteiger partial charge in [-0.3, -0.25) is 0 Å². The molecule has 1 rings (SSSR count). The first-order valence-corrected chi connectivity index (χ1v) is 6.28. The van der Waals surface area contributed by atoms with Gasteiger partial charge in [-0.25, -0.2) is 0 Å². The number of benzene rings is 1. The van der Waals surface area contributed by atoms with Gasteiger partial charge in [-0.05, 0) is 35.2 Å². The van der Waals surface area contributed by atoms with Crippen LogP contribution < -0.4 is 21.9 Å². The molecule has 3 heteroatoms. The van der Waals surface area contributed by atoms with Gasteiger partial charge in [0.2, 0.25) is 0 Å². The molecule has 0 aliphatic carbocycles. The lowest BCUT2D eigenvalue weighted by molar-refractivity contribution is 0.942. The molecule has 0 aromatic heterocycles. The Kier molecular flexibility index (Phi) is 5.75. The summed E-state index contributed by atoms with van der Waals surface area (Å²) in [6.07, 6.45) is 6.43. The quantitative estimate of drug-likeness (QED) is 0.585. The smallest absolute Gasteiger partial charge is 0.0151 e. The molecule has 86 valence electrons. The maximum atomic E-state index is 5.60. The highest BCUT2D eigenvalue weighted by molar-refractivity contribution is 7.99. The van der Waals surface area contributed by atoms with Crippen molar-refractivity contribution >= 4 is 24.0 Å². The molecule has 0 heterocycles. The van der Waals surface area contributed by atoms with Gasteiger partial charge in [0.1, 0.15) is 0 Å². The van der Waals surface area contributed by atoms with E-state index in [1.807, 2.05) is 18.2 Å². The number of thioether (sulfide) groups is 1. The van der Waals surface area contributed by atoms with E-state index < -0.39 is 0 Å². The lowest BCUT2D eigenvalue weighted by atomic mass is 10.2. The molecule has 0 saturated heterocycles. The third-order valence-corrected chi connectivity index (χ3v) is 3.33. The van der Waals surface area contributed by atoms with Gasteiger partial charge < -0.3 is 11.5 Å². The zero-order chi connectivity index (χ0) is 11.8. The minimum Gasteiger partial charge on any atom is -0.404 e. The van der Waals surface area contributed by atoms with Crippen molar-refractivity contribution in [3.05, 3.63) is 41.3 Å². The third-order valence-electron chi connectivity index (χ3n) is 2.17. The Balaban J connectivity index is 3.09. The Labute approximate surface area is 101 Å². The molecule has 0 bridgehead atoms. The van der Waals surface area contributed by atoms with E-state index >= 15 is 0 Å². The average Bonchev–Trinajstić information content (AvgIpc) is 2.31. The van der Waals surface area contributed by atoms with Crippen LogP contribution in [-0.2, 0) is 0 Å². The molecule has 0 aliphatic heterocycles. The van der Waals surface area contributed by atoms with E-state index in [0.29, 0.717) is 0 Å². The largest absolute Gasteiger partial charge is 0.404 e. The minimum absolute atomic E-state index is 0.732. The number of rotatable bonds is 5. The Morgan fingerprint density at radius 3 is 2.81 bits per heavy atom. The van der Waals surface area contributed by atoms with Crippen molar-refractivity contribution in [1.29, 1.82) is 0 Å². The van der Waals surface area contributed by atoms with Gasteiger partial charge in [-0.1, -0.05) is 30.9 Å². The van der Waals surface area contributed by atoms with Crippen LogP contribution in [0.15, 0.2) is 35.7 Å². The molecule has 0 spiro atoms.